The summed E-state index contributed by atoms with van der Waals surface area (Å²) in [4.78, 5) is 29.4. The average molecular weight is 474 g/mol. The number of nitriles is 1. The molecule has 0 saturated carbocycles. The topological polar surface area (TPSA) is 85.7 Å². The fraction of sp³-hybridized carbons (Fsp3) is 0.375. The predicted octanol–water partition coefficient (Wildman–Crippen LogP) is 2.98. The average Bonchev–Trinajstić information content (AvgIpc) is 2.82. The van der Waals surface area contributed by atoms with Crippen LogP contribution in [0.3, 0.4) is 0 Å². The lowest BCUT2D eigenvalue weighted by Crippen LogP contribution is -2.61. The second-order valence-corrected chi connectivity index (χ2v) is 7.90. The first kappa shape index (κ1) is 25.1. The van der Waals surface area contributed by atoms with Crippen LogP contribution >= 0.6 is 0 Å². The minimum atomic E-state index is -4.69. The Hall–Kier alpha value is -3.58. The molecule has 1 heterocycles. The number of aryl methyl sites for hydroxylation is 1. The summed E-state index contributed by atoms with van der Waals surface area (Å²) >= 11 is 0. The molecule has 1 unspecified atom stereocenters. The number of benzene rings is 2. The van der Waals surface area contributed by atoms with Gasteiger partial charge in [0.05, 0.1) is 23.8 Å². The summed E-state index contributed by atoms with van der Waals surface area (Å²) in [6, 6.07) is 11.1. The molecule has 1 aliphatic rings. The maximum absolute atomic E-state index is 13.5. The molecule has 0 spiro atoms. The van der Waals surface area contributed by atoms with Gasteiger partial charge in [-0.1, -0.05) is 18.2 Å². The molecule has 7 nitrogen and oxygen atoms in total. The highest BCUT2D eigenvalue weighted by Gasteiger charge is 2.38. The Morgan fingerprint density at radius 1 is 1.21 bits per heavy atom. The fourth-order valence-electron chi connectivity index (χ4n) is 3.91. The van der Waals surface area contributed by atoms with Crippen molar-refractivity contribution in [3.63, 3.8) is 0 Å². The maximum atomic E-state index is 13.5. The van der Waals surface area contributed by atoms with Gasteiger partial charge in [0.25, 0.3) is 5.91 Å². The van der Waals surface area contributed by atoms with Crippen molar-refractivity contribution in [2.45, 2.75) is 19.1 Å². The molecule has 10 heteroatoms. The van der Waals surface area contributed by atoms with Crippen molar-refractivity contribution in [2.75, 3.05) is 44.8 Å². The first-order valence-corrected chi connectivity index (χ1v) is 10.7. The monoisotopic (exact) mass is 474 g/mol. The summed E-state index contributed by atoms with van der Waals surface area (Å²) in [5.74, 6) is -0.742. The molecule has 0 radical (unpaired) electrons. The van der Waals surface area contributed by atoms with E-state index in [1.165, 1.54) is 18.1 Å². The van der Waals surface area contributed by atoms with E-state index >= 15 is 0 Å². The summed E-state index contributed by atoms with van der Waals surface area (Å²) in [7, 11) is 1.49. The van der Waals surface area contributed by atoms with Crippen LogP contribution in [0.5, 0.6) is 0 Å². The third kappa shape index (κ3) is 5.48. The molecule has 2 aromatic rings. The summed E-state index contributed by atoms with van der Waals surface area (Å²) in [5, 5.41) is 11.8. The molecular formula is C24H25F3N4O3. The summed E-state index contributed by atoms with van der Waals surface area (Å²) < 4.78 is 45.3. The van der Waals surface area contributed by atoms with Gasteiger partial charge < -0.3 is 19.9 Å². The third-order valence-electron chi connectivity index (χ3n) is 5.72. The quantitative estimate of drug-likeness (QED) is 0.651. The van der Waals surface area contributed by atoms with Crippen LogP contribution in [-0.4, -0.2) is 62.7 Å². The van der Waals surface area contributed by atoms with E-state index in [9.17, 15) is 22.8 Å². The van der Waals surface area contributed by atoms with Gasteiger partial charge in [0, 0.05) is 44.5 Å². The Balaban J connectivity index is 1.91. The van der Waals surface area contributed by atoms with E-state index in [4.69, 9.17) is 10.00 Å². The Kier molecular flexibility index (Phi) is 7.79. The molecular weight excluding hydrogens is 449 g/mol. The molecule has 34 heavy (non-hydrogen) atoms. The first-order chi connectivity index (χ1) is 16.2. The fourth-order valence-corrected chi connectivity index (χ4v) is 3.91. The van der Waals surface area contributed by atoms with Crippen molar-refractivity contribution < 1.29 is 27.5 Å². The number of nitrogens with zero attached hydrogens (tertiary/aromatic N) is 3. The van der Waals surface area contributed by atoms with Crippen molar-refractivity contribution in [1.29, 1.82) is 5.26 Å². The van der Waals surface area contributed by atoms with Crippen LogP contribution in [0.2, 0.25) is 0 Å². The van der Waals surface area contributed by atoms with Gasteiger partial charge in [-0.15, -0.1) is 0 Å². The number of methoxy groups -OCH3 is 1. The van der Waals surface area contributed by atoms with Crippen molar-refractivity contribution in [1.82, 2.24) is 10.2 Å². The van der Waals surface area contributed by atoms with Crippen LogP contribution in [0.15, 0.2) is 42.5 Å². The van der Waals surface area contributed by atoms with E-state index in [2.05, 4.69) is 5.32 Å². The molecule has 0 aromatic heterocycles. The van der Waals surface area contributed by atoms with E-state index in [-0.39, 0.29) is 44.4 Å². The lowest BCUT2D eigenvalue weighted by Gasteiger charge is -2.42. The van der Waals surface area contributed by atoms with Crippen LogP contribution in [0.1, 0.15) is 27.0 Å². The summed E-state index contributed by atoms with van der Waals surface area (Å²) in [6.45, 7) is 2.66. The van der Waals surface area contributed by atoms with Gasteiger partial charge >= 0.3 is 6.18 Å². The molecule has 1 N–H and O–H groups in total. The van der Waals surface area contributed by atoms with E-state index in [1.807, 2.05) is 6.07 Å². The van der Waals surface area contributed by atoms with E-state index in [0.717, 1.165) is 17.7 Å². The lowest BCUT2D eigenvalue weighted by atomic mass is 10.0. The molecule has 0 aliphatic carbocycles. The van der Waals surface area contributed by atoms with Gasteiger partial charge in [-0.2, -0.15) is 18.4 Å². The molecule has 1 aliphatic heterocycles. The number of rotatable bonds is 6. The first-order valence-electron chi connectivity index (χ1n) is 10.7. The predicted molar refractivity (Wildman–Crippen MR) is 119 cm³/mol. The van der Waals surface area contributed by atoms with Gasteiger partial charge in [-0.05, 0) is 36.8 Å². The highest BCUT2D eigenvalue weighted by molar-refractivity contribution is 5.99. The molecule has 1 saturated heterocycles. The van der Waals surface area contributed by atoms with Crippen LogP contribution in [0.25, 0.3) is 0 Å². The number of piperazine rings is 1. The number of ether oxygens (including phenoxy) is 1. The summed E-state index contributed by atoms with van der Waals surface area (Å²) in [5.41, 5.74) is -0.0618. The van der Waals surface area contributed by atoms with E-state index in [1.54, 1.807) is 36.1 Å². The van der Waals surface area contributed by atoms with E-state index in [0.29, 0.717) is 5.56 Å². The van der Waals surface area contributed by atoms with Crippen LogP contribution < -0.4 is 10.2 Å². The van der Waals surface area contributed by atoms with Crippen LogP contribution in [-0.2, 0) is 15.7 Å². The number of hydrogen-bond acceptors (Lipinski definition) is 5. The number of halogens is 3. The highest BCUT2D eigenvalue weighted by Crippen LogP contribution is 2.35. The second kappa shape index (κ2) is 10.6. The highest BCUT2D eigenvalue weighted by atomic mass is 19.4. The number of amides is 2. The number of carbonyl (C=O) groups excluding carboxylic acids is 2. The van der Waals surface area contributed by atoms with Crippen molar-refractivity contribution in [3.8, 4) is 6.07 Å². The number of hydrogen-bond donors (Lipinski definition) is 1. The zero-order valence-electron chi connectivity index (χ0n) is 18.9. The zero-order valence-corrected chi connectivity index (χ0v) is 18.9. The molecule has 2 aromatic carbocycles. The smallest absolute Gasteiger partial charge is 0.383 e. The largest absolute Gasteiger partial charge is 0.417 e. The van der Waals surface area contributed by atoms with Crippen molar-refractivity contribution in [3.05, 3.63) is 64.7 Å². The standard InChI is InChI=1S/C24H25F3N4O3/c1-16-5-3-4-6-19(16)23(33)31-11-10-30(15-21(31)22(32)29-9-12-34-2)18-8-7-17(14-28)20(13-18)24(25,26)27/h3-8,13,21H,9-12,15H2,1-2H3,(H,29,32). The van der Waals surface area contributed by atoms with Gasteiger partial charge in [-0.25, -0.2) is 0 Å². The van der Waals surface area contributed by atoms with E-state index < -0.39 is 29.3 Å². The molecule has 2 amide bonds. The van der Waals surface area contributed by atoms with Gasteiger partial charge in [0.2, 0.25) is 5.91 Å². The second-order valence-electron chi connectivity index (χ2n) is 7.90. The molecule has 3 rings (SSSR count). The number of anilines is 1. The minimum Gasteiger partial charge on any atom is -0.383 e. The number of nitrogens with one attached hydrogen (secondary N) is 1. The van der Waals surface area contributed by atoms with Crippen molar-refractivity contribution >= 4 is 17.5 Å². The zero-order chi connectivity index (χ0) is 24.9. The molecule has 1 atom stereocenters. The van der Waals surface area contributed by atoms with Gasteiger partial charge in [-0.3, -0.25) is 9.59 Å². The molecule has 0 bridgehead atoms. The Morgan fingerprint density at radius 2 is 1.94 bits per heavy atom. The van der Waals surface area contributed by atoms with Crippen LogP contribution in [0.4, 0.5) is 18.9 Å². The third-order valence-corrected chi connectivity index (χ3v) is 5.72. The SMILES string of the molecule is COCCNC(=O)C1CN(c2ccc(C#N)c(C(F)(F)F)c2)CCN1C(=O)c1ccccc1C. The lowest BCUT2D eigenvalue weighted by molar-refractivity contribution is -0.137. The number of alkyl halides is 3. The van der Waals surface area contributed by atoms with Crippen molar-refractivity contribution in [2.24, 2.45) is 0 Å². The minimum absolute atomic E-state index is 0.000363. The maximum Gasteiger partial charge on any atom is 0.417 e. The van der Waals surface area contributed by atoms with Crippen LogP contribution in [0, 0.1) is 18.3 Å². The molecule has 1 fully saturated rings. The van der Waals surface area contributed by atoms with Gasteiger partial charge in [0.1, 0.15) is 6.04 Å². The Labute approximate surface area is 195 Å². The summed E-state index contributed by atoms with van der Waals surface area (Å²) in [6.07, 6.45) is -4.69. The number of carbonyl (C=O) groups is 2. The normalized spacial score (nSPS) is 16.2. The Morgan fingerprint density at radius 3 is 2.59 bits per heavy atom. The Bertz CT molecular complexity index is 1100. The molecule has 180 valence electrons. The van der Waals surface area contributed by atoms with Gasteiger partial charge in [0.15, 0.2) is 0 Å².